The highest BCUT2D eigenvalue weighted by molar-refractivity contribution is 5.82. The average molecular weight is 385 g/mol. The van der Waals surface area contributed by atoms with E-state index >= 15 is 0 Å². The van der Waals surface area contributed by atoms with E-state index in [2.05, 4.69) is 10.2 Å². The Balaban J connectivity index is 1.34. The number of carbonyl (C=O) groups is 2. The van der Waals surface area contributed by atoms with Crippen molar-refractivity contribution in [2.45, 2.75) is 39.0 Å². The van der Waals surface area contributed by atoms with Gasteiger partial charge in [0, 0.05) is 43.8 Å². The van der Waals surface area contributed by atoms with Crippen LogP contribution < -0.4 is 9.47 Å². The van der Waals surface area contributed by atoms with Crippen LogP contribution in [0.4, 0.5) is 0 Å². The van der Waals surface area contributed by atoms with Crippen LogP contribution in [-0.2, 0) is 16.0 Å². The molecule has 0 bridgehead atoms. The summed E-state index contributed by atoms with van der Waals surface area (Å²) in [5.41, 5.74) is 0.742. The van der Waals surface area contributed by atoms with E-state index in [9.17, 15) is 9.59 Å². The quantitative estimate of drug-likeness (QED) is 0.754. The number of benzene rings is 1. The van der Waals surface area contributed by atoms with Crippen molar-refractivity contribution in [1.82, 2.24) is 15.1 Å². The fraction of sp³-hybridized carbons (Fsp3) is 0.500. The van der Waals surface area contributed by atoms with Crippen molar-refractivity contribution in [3.63, 3.8) is 0 Å². The molecular weight excluding hydrogens is 362 g/mol. The number of fused-ring (bicyclic) bond motifs is 1. The zero-order valence-electron chi connectivity index (χ0n) is 15.8. The molecule has 8 heteroatoms. The molecule has 148 valence electrons. The van der Waals surface area contributed by atoms with Crippen LogP contribution in [-0.4, -0.2) is 46.7 Å². The van der Waals surface area contributed by atoms with Crippen LogP contribution in [0.3, 0.4) is 0 Å². The summed E-state index contributed by atoms with van der Waals surface area (Å²) in [6.45, 7) is 3.31. The highest BCUT2D eigenvalue weighted by Gasteiger charge is 2.27. The number of hydrogen-bond donors (Lipinski definition) is 0. The lowest BCUT2D eigenvalue weighted by Crippen LogP contribution is -2.42. The third-order valence-corrected chi connectivity index (χ3v) is 5.22. The van der Waals surface area contributed by atoms with Gasteiger partial charge in [0.25, 0.3) is 0 Å². The molecule has 3 heterocycles. The highest BCUT2D eigenvalue weighted by atomic mass is 16.7. The molecule has 2 aliphatic heterocycles. The van der Waals surface area contributed by atoms with E-state index in [1.807, 2.05) is 13.0 Å². The lowest BCUT2D eigenvalue weighted by Gasteiger charge is -2.32. The first-order valence-electron chi connectivity index (χ1n) is 9.67. The maximum atomic E-state index is 12.5. The Morgan fingerprint density at radius 1 is 1.21 bits per heavy atom. The number of aryl methyl sites for hydroxylation is 1. The zero-order chi connectivity index (χ0) is 19.5. The largest absolute Gasteiger partial charge is 0.454 e. The van der Waals surface area contributed by atoms with E-state index in [-0.39, 0.29) is 30.8 Å². The van der Waals surface area contributed by atoms with E-state index in [0.29, 0.717) is 49.2 Å². The number of nitrogens with zero attached hydrogens (tertiary/aromatic N) is 3. The Hall–Kier alpha value is -2.90. The van der Waals surface area contributed by atoms with Gasteiger partial charge in [-0.3, -0.25) is 9.59 Å². The fourth-order valence-corrected chi connectivity index (χ4v) is 3.63. The first kappa shape index (κ1) is 18.5. The molecule has 1 fully saturated rings. The summed E-state index contributed by atoms with van der Waals surface area (Å²) in [6.07, 6.45) is 2.93. The van der Waals surface area contributed by atoms with Crippen molar-refractivity contribution in [2.24, 2.45) is 5.92 Å². The fourth-order valence-electron chi connectivity index (χ4n) is 3.63. The van der Waals surface area contributed by atoms with E-state index in [0.717, 1.165) is 18.4 Å². The van der Waals surface area contributed by atoms with Gasteiger partial charge >= 0.3 is 0 Å². The molecule has 4 rings (SSSR count). The van der Waals surface area contributed by atoms with Crippen molar-refractivity contribution in [1.29, 1.82) is 0 Å². The van der Waals surface area contributed by atoms with Crippen molar-refractivity contribution in [2.75, 3.05) is 19.9 Å². The highest BCUT2D eigenvalue weighted by Crippen LogP contribution is 2.35. The number of amides is 1. The molecule has 1 atom stereocenters. The number of ether oxygens (including phenoxy) is 2. The molecular formula is C20H23N3O5. The van der Waals surface area contributed by atoms with Crippen molar-refractivity contribution in [3.8, 4) is 23.0 Å². The summed E-state index contributed by atoms with van der Waals surface area (Å²) in [4.78, 5) is 26.3. The summed E-state index contributed by atoms with van der Waals surface area (Å²) in [5.74, 6) is 2.37. The smallest absolute Gasteiger partial charge is 0.247 e. The molecule has 28 heavy (non-hydrogen) atoms. The van der Waals surface area contributed by atoms with Gasteiger partial charge in [-0.25, -0.2) is 0 Å². The number of aromatic nitrogens is 2. The number of hydrogen-bond acceptors (Lipinski definition) is 7. The molecule has 0 aliphatic carbocycles. The lowest BCUT2D eigenvalue weighted by molar-refractivity contribution is -0.135. The molecule has 1 amide bonds. The SMILES string of the molecule is CCC(=O)C1CCCN(C(=O)CCc2nnc(-c3ccc4c(c3)OCO4)o2)C1. The van der Waals surface area contributed by atoms with Crippen LogP contribution in [0.15, 0.2) is 22.6 Å². The molecule has 0 spiro atoms. The molecule has 1 aromatic carbocycles. The van der Waals surface area contributed by atoms with Crippen LogP contribution in [0.25, 0.3) is 11.5 Å². The molecule has 0 saturated carbocycles. The first-order chi connectivity index (χ1) is 13.6. The van der Waals surface area contributed by atoms with Gasteiger partial charge in [0.15, 0.2) is 11.5 Å². The van der Waals surface area contributed by atoms with Gasteiger partial charge in [-0.05, 0) is 31.0 Å². The molecule has 2 aliphatic rings. The van der Waals surface area contributed by atoms with Crippen LogP contribution >= 0.6 is 0 Å². The maximum Gasteiger partial charge on any atom is 0.247 e. The Bertz CT molecular complexity index is 878. The van der Waals surface area contributed by atoms with Gasteiger partial charge in [-0.2, -0.15) is 0 Å². The Kier molecular flexibility index (Phi) is 5.27. The summed E-state index contributed by atoms with van der Waals surface area (Å²) in [7, 11) is 0. The topological polar surface area (TPSA) is 94.8 Å². The minimum Gasteiger partial charge on any atom is -0.454 e. The molecule has 8 nitrogen and oxygen atoms in total. The molecule has 1 aromatic heterocycles. The minimum absolute atomic E-state index is 0.0243. The number of rotatable bonds is 6. The van der Waals surface area contributed by atoms with Gasteiger partial charge in [-0.1, -0.05) is 6.92 Å². The maximum absolute atomic E-state index is 12.5. The van der Waals surface area contributed by atoms with Gasteiger partial charge in [0.05, 0.1) is 0 Å². The molecule has 1 unspecified atom stereocenters. The van der Waals surface area contributed by atoms with Gasteiger partial charge in [0.1, 0.15) is 5.78 Å². The van der Waals surface area contributed by atoms with Gasteiger partial charge in [0.2, 0.25) is 24.5 Å². The second-order valence-corrected chi connectivity index (χ2v) is 7.07. The third kappa shape index (κ3) is 3.85. The van der Waals surface area contributed by atoms with Crippen LogP contribution in [0, 0.1) is 5.92 Å². The summed E-state index contributed by atoms with van der Waals surface area (Å²) >= 11 is 0. The minimum atomic E-state index is -0.0243. The molecule has 2 aromatic rings. The Labute approximate surface area is 162 Å². The van der Waals surface area contributed by atoms with E-state index in [1.54, 1.807) is 17.0 Å². The predicted octanol–water partition coefficient (Wildman–Crippen LogP) is 2.62. The number of piperidine rings is 1. The van der Waals surface area contributed by atoms with Crippen LogP contribution in [0.2, 0.25) is 0 Å². The number of likely N-dealkylation sites (tertiary alicyclic amines) is 1. The summed E-state index contributed by atoms with van der Waals surface area (Å²) in [5, 5.41) is 8.11. The van der Waals surface area contributed by atoms with Crippen LogP contribution in [0.5, 0.6) is 11.5 Å². The van der Waals surface area contributed by atoms with Crippen LogP contribution in [0.1, 0.15) is 38.5 Å². The standard InChI is InChI=1S/C20H23N3O5/c1-2-15(24)14-4-3-9-23(11-14)19(25)8-7-18-21-22-20(28-18)13-5-6-16-17(10-13)27-12-26-16/h5-6,10,14H,2-4,7-9,11-12H2,1H3. The summed E-state index contributed by atoms with van der Waals surface area (Å²) in [6, 6.07) is 5.42. The molecule has 1 saturated heterocycles. The number of Topliss-reactive ketones (excluding diaryl/α,β-unsaturated/α-hetero) is 1. The van der Waals surface area contributed by atoms with Crippen molar-refractivity contribution < 1.29 is 23.5 Å². The first-order valence-corrected chi connectivity index (χ1v) is 9.67. The molecule has 0 N–H and O–H groups in total. The molecule has 0 radical (unpaired) electrons. The zero-order valence-corrected chi connectivity index (χ0v) is 15.8. The second-order valence-electron chi connectivity index (χ2n) is 7.07. The lowest BCUT2D eigenvalue weighted by atomic mass is 9.92. The summed E-state index contributed by atoms with van der Waals surface area (Å²) < 4.78 is 16.4. The normalized spacial score (nSPS) is 18.3. The average Bonchev–Trinajstić information content (AvgIpc) is 3.40. The van der Waals surface area contributed by atoms with Gasteiger partial charge < -0.3 is 18.8 Å². The Morgan fingerprint density at radius 3 is 2.93 bits per heavy atom. The van der Waals surface area contributed by atoms with Gasteiger partial charge in [-0.15, -0.1) is 10.2 Å². The monoisotopic (exact) mass is 385 g/mol. The van der Waals surface area contributed by atoms with E-state index in [4.69, 9.17) is 13.9 Å². The van der Waals surface area contributed by atoms with E-state index in [1.165, 1.54) is 0 Å². The third-order valence-electron chi connectivity index (χ3n) is 5.22. The Morgan fingerprint density at radius 2 is 2.07 bits per heavy atom. The van der Waals surface area contributed by atoms with Crippen molar-refractivity contribution >= 4 is 11.7 Å². The van der Waals surface area contributed by atoms with E-state index < -0.39 is 0 Å². The second kappa shape index (κ2) is 8.00. The number of carbonyl (C=O) groups excluding carboxylic acids is 2. The predicted molar refractivity (Wildman–Crippen MR) is 98.8 cm³/mol. The number of ketones is 1. The van der Waals surface area contributed by atoms with Crippen molar-refractivity contribution in [3.05, 3.63) is 24.1 Å².